The quantitative estimate of drug-likeness (QED) is 0.387. The van der Waals surface area contributed by atoms with Crippen molar-refractivity contribution in [1.29, 1.82) is 0 Å². The van der Waals surface area contributed by atoms with Crippen LogP contribution in [0.25, 0.3) is 22.5 Å². The van der Waals surface area contributed by atoms with E-state index in [2.05, 4.69) is 5.16 Å². The van der Waals surface area contributed by atoms with Crippen molar-refractivity contribution in [1.82, 2.24) is 10.1 Å². The minimum Gasteiger partial charge on any atom is -0.508 e. The summed E-state index contributed by atoms with van der Waals surface area (Å²) in [7, 11) is 0. The number of amides is 1. The van der Waals surface area contributed by atoms with Gasteiger partial charge in [-0.1, -0.05) is 43.3 Å². The van der Waals surface area contributed by atoms with E-state index in [9.17, 15) is 19.8 Å². The van der Waals surface area contributed by atoms with Crippen LogP contribution in [0.15, 0.2) is 40.9 Å². The van der Waals surface area contributed by atoms with Crippen LogP contribution >= 0.6 is 0 Å². The summed E-state index contributed by atoms with van der Waals surface area (Å²) in [5, 5.41) is 24.7. The first kappa shape index (κ1) is 26.2. The second kappa shape index (κ2) is 11.0. The number of morpholine rings is 1. The van der Waals surface area contributed by atoms with Crippen molar-refractivity contribution in [3.05, 3.63) is 53.2 Å². The maximum atomic E-state index is 12.9. The lowest BCUT2D eigenvalue weighted by atomic mass is 9.93. The topological polar surface area (TPSA) is 148 Å². The van der Waals surface area contributed by atoms with Gasteiger partial charge in [0.2, 0.25) is 0 Å². The highest BCUT2D eigenvalue weighted by Crippen LogP contribution is 2.43. The molecule has 1 saturated heterocycles. The summed E-state index contributed by atoms with van der Waals surface area (Å²) < 4.78 is 16.3. The molecule has 3 aromatic rings. The minimum absolute atomic E-state index is 0.0411. The third-order valence-electron chi connectivity index (χ3n) is 6.37. The lowest BCUT2D eigenvalue weighted by Gasteiger charge is -2.33. The molecule has 0 saturated carbocycles. The van der Waals surface area contributed by atoms with Crippen LogP contribution < -0.4 is 5.73 Å². The molecular formula is C27H31N3O7. The van der Waals surface area contributed by atoms with Gasteiger partial charge >= 0.3 is 5.97 Å². The molecule has 10 nitrogen and oxygen atoms in total. The Balaban J connectivity index is 1.79. The van der Waals surface area contributed by atoms with Gasteiger partial charge in [-0.15, -0.1) is 0 Å². The summed E-state index contributed by atoms with van der Waals surface area (Å²) in [6, 6.07) is 9.28. The number of esters is 1. The fourth-order valence-corrected chi connectivity index (χ4v) is 4.53. The monoisotopic (exact) mass is 509 g/mol. The standard InChI is InChI=1S/C27H31N3O7/c1-4-36-27(34)24(30-9-11-35-12-10-30)17-7-5-16(6-8-17)22-23(26(28)33)29-37-25(22)19-13-18(15(2)3)20(31)14-21(19)32/h5-8,13-15,24,31-32H,4,9-12H2,1-3H3,(H2,28,33). The first-order valence-electron chi connectivity index (χ1n) is 12.2. The van der Waals surface area contributed by atoms with Gasteiger partial charge < -0.3 is 29.9 Å². The summed E-state index contributed by atoms with van der Waals surface area (Å²) in [5.41, 5.74) is 7.91. The number of aromatic nitrogens is 1. The number of benzene rings is 2. The van der Waals surface area contributed by atoms with Crippen LogP contribution in [0.4, 0.5) is 0 Å². The highest BCUT2D eigenvalue weighted by atomic mass is 16.5. The number of hydrogen-bond acceptors (Lipinski definition) is 9. The van der Waals surface area contributed by atoms with E-state index < -0.39 is 11.9 Å². The third-order valence-corrected chi connectivity index (χ3v) is 6.37. The number of nitrogens with two attached hydrogens (primary N) is 1. The summed E-state index contributed by atoms with van der Waals surface area (Å²) in [6.45, 7) is 8.05. The van der Waals surface area contributed by atoms with Crippen LogP contribution in [0.2, 0.25) is 0 Å². The molecule has 0 bridgehead atoms. The van der Waals surface area contributed by atoms with Crippen molar-refractivity contribution in [3.63, 3.8) is 0 Å². The van der Waals surface area contributed by atoms with E-state index in [1.165, 1.54) is 6.07 Å². The number of aromatic hydroxyl groups is 2. The Labute approximate surface area is 214 Å². The Morgan fingerprint density at radius 2 is 1.78 bits per heavy atom. The third kappa shape index (κ3) is 5.30. The lowest BCUT2D eigenvalue weighted by Crippen LogP contribution is -2.42. The molecule has 1 fully saturated rings. The average molecular weight is 510 g/mol. The number of rotatable bonds is 8. The molecule has 2 aromatic carbocycles. The maximum Gasteiger partial charge on any atom is 0.328 e. The number of phenolic OH excluding ortho intramolecular Hbond substituents is 2. The zero-order valence-electron chi connectivity index (χ0n) is 21.1. The molecule has 4 N–H and O–H groups in total. The zero-order valence-corrected chi connectivity index (χ0v) is 21.1. The normalized spacial score (nSPS) is 15.0. The molecule has 196 valence electrons. The van der Waals surface area contributed by atoms with Crippen molar-refractivity contribution in [2.75, 3.05) is 32.9 Å². The SMILES string of the molecule is CCOC(=O)C(c1ccc(-c2c(C(N)=O)noc2-c2cc(C(C)C)c(O)cc2O)cc1)N1CCOCC1. The van der Waals surface area contributed by atoms with E-state index >= 15 is 0 Å². The number of hydrogen-bond donors (Lipinski definition) is 3. The number of nitrogens with zero attached hydrogens (tertiary/aromatic N) is 2. The highest BCUT2D eigenvalue weighted by Gasteiger charge is 2.31. The summed E-state index contributed by atoms with van der Waals surface area (Å²) >= 11 is 0. The number of carbonyl (C=O) groups excluding carboxylic acids is 2. The molecule has 1 aliphatic heterocycles. The molecule has 1 aromatic heterocycles. The van der Waals surface area contributed by atoms with Gasteiger partial charge in [0.05, 0.1) is 30.9 Å². The van der Waals surface area contributed by atoms with Gasteiger partial charge in [0.25, 0.3) is 5.91 Å². The van der Waals surface area contributed by atoms with Crippen LogP contribution in [0.1, 0.15) is 54.3 Å². The van der Waals surface area contributed by atoms with Gasteiger partial charge in [0.1, 0.15) is 17.5 Å². The minimum atomic E-state index is -0.797. The van der Waals surface area contributed by atoms with Crippen LogP contribution in [0.5, 0.6) is 11.5 Å². The van der Waals surface area contributed by atoms with E-state index in [0.717, 1.165) is 5.56 Å². The zero-order chi connectivity index (χ0) is 26.7. The molecule has 1 unspecified atom stereocenters. The first-order chi connectivity index (χ1) is 17.7. The van der Waals surface area contributed by atoms with E-state index in [-0.39, 0.29) is 47.0 Å². The van der Waals surface area contributed by atoms with Gasteiger partial charge in [0, 0.05) is 19.2 Å². The van der Waals surface area contributed by atoms with Crippen molar-refractivity contribution in [3.8, 4) is 33.9 Å². The molecule has 1 amide bonds. The van der Waals surface area contributed by atoms with Gasteiger partial charge in [-0.25, -0.2) is 4.79 Å². The fourth-order valence-electron chi connectivity index (χ4n) is 4.53. The Hall–Kier alpha value is -3.89. The summed E-state index contributed by atoms with van der Waals surface area (Å²) in [6.07, 6.45) is 0. The van der Waals surface area contributed by atoms with Crippen molar-refractivity contribution in [2.45, 2.75) is 32.7 Å². The van der Waals surface area contributed by atoms with Gasteiger partial charge in [-0.05, 0) is 35.6 Å². The molecule has 4 rings (SSSR count). The van der Waals surface area contributed by atoms with Crippen molar-refractivity contribution < 1.29 is 33.8 Å². The Morgan fingerprint density at radius 3 is 2.38 bits per heavy atom. The van der Waals surface area contributed by atoms with Crippen molar-refractivity contribution in [2.24, 2.45) is 5.73 Å². The van der Waals surface area contributed by atoms with Crippen LogP contribution in [-0.2, 0) is 14.3 Å². The summed E-state index contributed by atoms with van der Waals surface area (Å²) in [4.78, 5) is 27.1. The van der Waals surface area contributed by atoms with Gasteiger partial charge in [-0.2, -0.15) is 0 Å². The molecule has 37 heavy (non-hydrogen) atoms. The van der Waals surface area contributed by atoms with Crippen LogP contribution in [-0.4, -0.2) is 65.1 Å². The molecule has 0 radical (unpaired) electrons. The Bertz CT molecular complexity index is 1280. The number of ether oxygens (including phenoxy) is 2. The first-order valence-corrected chi connectivity index (χ1v) is 12.2. The molecule has 1 atom stereocenters. The molecule has 0 aliphatic carbocycles. The number of carbonyl (C=O) groups is 2. The highest BCUT2D eigenvalue weighted by molar-refractivity contribution is 6.01. The average Bonchev–Trinajstić information content (AvgIpc) is 3.30. The molecule has 10 heteroatoms. The Morgan fingerprint density at radius 1 is 1.11 bits per heavy atom. The molecule has 1 aliphatic rings. The smallest absolute Gasteiger partial charge is 0.328 e. The predicted octanol–water partition coefficient (Wildman–Crippen LogP) is 3.58. The summed E-state index contributed by atoms with van der Waals surface area (Å²) in [5.74, 6) is -1.34. The molecule has 0 spiro atoms. The fraction of sp³-hybridized carbons (Fsp3) is 0.370. The van der Waals surface area contributed by atoms with Gasteiger partial charge in [0.15, 0.2) is 11.5 Å². The van der Waals surface area contributed by atoms with Crippen LogP contribution in [0, 0.1) is 0 Å². The van der Waals surface area contributed by atoms with Crippen LogP contribution in [0.3, 0.4) is 0 Å². The lowest BCUT2D eigenvalue weighted by molar-refractivity contribution is -0.151. The second-order valence-electron chi connectivity index (χ2n) is 9.11. The number of primary amides is 1. The van der Waals surface area contributed by atoms with E-state index in [1.807, 2.05) is 18.7 Å². The van der Waals surface area contributed by atoms with E-state index in [1.54, 1.807) is 37.3 Å². The second-order valence-corrected chi connectivity index (χ2v) is 9.11. The van der Waals surface area contributed by atoms with Gasteiger partial charge in [-0.3, -0.25) is 9.69 Å². The van der Waals surface area contributed by atoms with Crippen molar-refractivity contribution >= 4 is 11.9 Å². The Kier molecular flexibility index (Phi) is 7.80. The molecular weight excluding hydrogens is 478 g/mol. The maximum absolute atomic E-state index is 12.9. The number of phenols is 2. The molecule has 2 heterocycles. The van der Waals surface area contributed by atoms with E-state index in [4.69, 9.17) is 19.7 Å². The predicted molar refractivity (Wildman–Crippen MR) is 135 cm³/mol. The largest absolute Gasteiger partial charge is 0.508 e. The van der Waals surface area contributed by atoms with E-state index in [0.29, 0.717) is 43.0 Å².